The molecule has 0 spiro atoms. The van der Waals surface area contributed by atoms with Crippen molar-refractivity contribution in [2.24, 2.45) is 0 Å². The first-order valence-corrected chi connectivity index (χ1v) is 7.92. The molecule has 0 saturated carbocycles. The lowest BCUT2D eigenvalue weighted by Crippen LogP contribution is -2.08. The molecule has 2 rings (SSSR count). The number of allylic oxidation sites excluding steroid dienone is 1. The third-order valence-electron chi connectivity index (χ3n) is 3.41. The van der Waals surface area contributed by atoms with Gasteiger partial charge in [-0.05, 0) is 11.6 Å². The second kappa shape index (κ2) is 10.2. The number of rotatable bonds is 10. The number of hydrogen-bond donors (Lipinski definition) is 0. The van der Waals surface area contributed by atoms with Crippen molar-refractivity contribution in [3.63, 3.8) is 0 Å². The average molecular weight is 358 g/mol. The van der Waals surface area contributed by atoms with E-state index in [1.807, 2.05) is 30.3 Å². The Hall–Kier alpha value is -2.83. The molecule has 6 nitrogen and oxygen atoms in total. The molecule has 0 aliphatic carbocycles. The Bertz CT molecular complexity index is 739. The third kappa shape index (κ3) is 5.34. The molecule has 0 unspecified atom stereocenters. The van der Waals surface area contributed by atoms with Crippen LogP contribution in [0.5, 0.6) is 17.2 Å². The third-order valence-corrected chi connectivity index (χ3v) is 3.41. The Balaban J connectivity index is 2.36. The van der Waals surface area contributed by atoms with Crippen LogP contribution in [-0.2, 0) is 9.47 Å². The fourth-order valence-corrected chi connectivity index (χ4v) is 2.24. The van der Waals surface area contributed by atoms with Crippen LogP contribution < -0.4 is 14.2 Å². The van der Waals surface area contributed by atoms with Gasteiger partial charge < -0.3 is 23.7 Å². The molecule has 0 saturated heterocycles. The van der Waals surface area contributed by atoms with Crippen molar-refractivity contribution in [1.29, 1.82) is 0 Å². The molecule has 0 fully saturated rings. The highest BCUT2D eigenvalue weighted by Gasteiger charge is 2.19. The van der Waals surface area contributed by atoms with Gasteiger partial charge in [0.1, 0.15) is 22.8 Å². The van der Waals surface area contributed by atoms with Gasteiger partial charge in [0.15, 0.2) is 19.4 Å². The summed E-state index contributed by atoms with van der Waals surface area (Å²) in [7, 11) is 4.50. The van der Waals surface area contributed by atoms with Crippen LogP contribution in [0, 0.1) is 0 Å². The zero-order valence-corrected chi connectivity index (χ0v) is 15.1. The van der Waals surface area contributed by atoms with Gasteiger partial charge in [-0.1, -0.05) is 36.4 Å². The van der Waals surface area contributed by atoms with E-state index in [1.54, 1.807) is 18.2 Å². The van der Waals surface area contributed by atoms with Gasteiger partial charge in [-0.25, -0.2) is 0 Å². The molecule has 2 aromatic rings. The van der Waals surface area contributed by atoms with Gasteiger partial charge in [0.25, 0.3) is 0 Å². The smallest absolute Gasteiger partial charge is 0.193 e. The van der Waals surface area contributed by atoms with Crippen molar-refractivity contribution < 1.29 is 28.5 Å². The molecule has 6 heteroatoms. The standard InChI is InChI=1S/C20H22O6/c1-22-13-25-16-11-18(24-3)20(19(12-16)26-14-23-2)17(21)10-9-15-7-5-4-6-8-15/h4-12H,13-14H2,1-3H3. The first kappa shape index (κ1) is 19.5. The summed E-state index contributed by atoms with van der Waals surface area (Å²) in [4.78, 5) is 12.8. The summed E-state index contributed by atoms with van der Waals surface area (Å²) in [6, 6.07) is 12.7. The Morgan fingerprint density at radius 1 is 0.923 bits per heavy atom. The maximum atomic E-state index is 12.8. The first-order chi connectivity index (χ1) is 12.7. The van der Waals surface area contributed by atoms with Crippen molar-refractivity contribution in [2.45, 2.75) is 0 Å². The van der Waals surface area contributed by atoms with E-state index in [1.165, 1.54) is 27.4 Å². The quantitative estimate of drug-likeness (QED) is 0.368. The first-order valence-electron chi connectivity index (χ1n) is 7.92. The second-order valence-electron chi connectivity index (χ2n) is 5.21. The van der Waals surface area contributed by atoms with Crippen molar-refractivity contribution in [2.75, 3.05) is 34.9 Å². The van der Waals surface area contributed by atoms with Gasteiger partial charge in [-0.15, -0.1) is 0 Å². The molecule has 0 amide bonds. The predicted molar refractivity (Wildman–Crippen MR) is 97.8 cm³/mol. The van der Waals surface area contributed by atoms with Crippen LogP contribution in [0.3, 0.4) is 0 Å². The summed E-state index contributed by atoms with van der Waals surface area (Å²) in [5.74, 6) is 0.848. The number of benzene rings is 2. The highest BCUT2D eigenvalue weighted by molar-refractivity contribution is 6.10. The minimum Gasteiger partial charge on any atom is -0.496 e. The largest absolute Gasteiger partial charge is 0.496 e. The summed E-state index contributed by atoms with van der Waals surface area (Å²) < 4.78 is 26.2. The molecule has 0 bridgehead atoms. The van der Waals surface area contributed by atoms with Crippen LogP contribution in [0.4, 0.5) is 0 Å². The minimum atomic E-state index is -0.255. The van der Waals surface area contributed by atoms with E-state index in [0.29, 0.717) is 22.8 Å². The van der Waals surface area contributed by atoms with Crippen LogP contribution >= 0.6 is 0 Å². The molecule has 0 aromatic heterocycles. The van der Waals surface area contributed by atoms with Gasteiger partial charge in [0.2, 0.25) is 0 Å². The molecule has 0 atom stereocenters. The topological polar surface area (TPSA) is 63.2 Å². The van der Waals surface area contributed by atoms with Gasteiger partial charge in [0.05, 0.1) is 7.11 Å². The van der Waals surface area contributed by atoms with Crippen LogP contribution in [0.2, 0.25) is 0 Å². The van der Waals surface area contributed by atoms with E-state index in [2.05, 4.69) is 0 Å². The monoisotopic (exact) mass is 358 g/mol. The predicted octanol–water partition coefficient (Wildman–Crippen LogP) is 3.56. The zero-order valence-electron chi connectivity index (χ0n) is 15.1. The fraction of sp³-hybridized carbons (Fsp3) is 0.250. The lowest BCUT2D eigenvalue weighted by Gasteiger charge is -2.15. The maximum absolute atomic E-state index is 12.8. The highest BCUT2D eigenvalue weighted by Crippen LogP contribution is 2.35. The summed E-state index contributed by atoms with van der Waals surface area (Å²) in [6.07, 6.45) is 3.21. The molecular weight excluding hydrogens is 336 g/mol. The molecule has 138 valence electrons. The van der Waals surface area contributed by atoms with Gasteiger partial charge in [-0.3, -0.25) is 4.79 Å². The van der Waals surface area contributed by atoms with E-state index in [9.17, 15) is 4.79 Å². The summed E-state index contributed by atoms with van der Waals surface area (Å²) in [5.41, 5.74) is 1.21. The van der Waals surface area contributed by atoms with Crippen LogP contribution in [0.25, 0.3) is 6.08 Å². The molecule has 0 heterocycles. The normalized spacial score (nSPS) is 10.7. The Morgan fingerprint density at radius 3 is 2.23 bits per heavy atom. The minimum absolute atomic E-state index is 0.0143. The van der Waals surface area contributed by atoms with Crippen molar-refractivity contribution >= 4 is 11.9 Å². The van der Waals surface area contributed by atoms with E-state index in [-0.39, 0.29) is 19.4 Å². The number of ketones is 1. The van der Waals surface area contributed by atoms with Crippen LogP contribution in [0.1, 0.15) is 15.9 Å². The average Bonchev–Trinajstić information content (AvgIpc) is 2.69. The molecule has 26 heavy (non-hydrogen) atoms. The Morgan fingerprint density at radius 2 is 1.58 bits per heavy atom. The second-order valence-corrected chi connectivity index (χ2v) is 5.21. The number of carbonyl (C=O) groups excluding carboxylic acids is 1. The number of carbonyl (C=O) groups is 1. The summed E-state index contributed by atoms with van der Waals surface area (Å²) in [6.45, 7) is 0.0492. The van der Waals surface area contributed by atoms with E-state index in [4.69, 9.17) is 23.7 Å². The lowest BCUT2D eigenvalue weighted by atomic mass is 10.1. The van der Waals surface area contributed by atoms with E-state index >= 15 is 0 Å². The molecule has 0 radical (unpaired) electrons. The molecule has 0 N–H and O–H groups in total. The fourth-order valence-electron chi connectivity index (χ4n) is 2.24. The van der Waals surface area contributed by atoms with Crippen molar-refractivity contribution in [3.05, 3.63) is 59.7 Å². The molecular formula is C20H22O6. The van der Waals surface area contributed by atoms with E-state index in [0.717, 1.165) is 5.56 Å². The SMILES string of the molecule is COCOc1cc(OC)c(C(=O)C=Cc2ccccc2)c(OCOC)c1. The highest BCUT2D eigenvalue weighted by atomic mass is 16.7. The number of hydrogen-bond acceptors (Lipinski definition) is 6. The molecule has 0 aliphatic heterocycles. The number of methoxy groups -OCH3 is 3. The number of ether oxygens (including phenoxy) is 5. The Kier molecular flexibility index (Phi) is 7.67. The van der Waals surface area contributed by atoms with Crippen LogP contribution in [0.15, 0.2) is 48.5 Å². The Labute approximate surface area is 152 Å². The van der Waals surface area contributed by atoms with E-state index < -0.39 is 0 Å². The van der Waals surface area contributed by atoms with Gasteiger partial charge in [-0.2, -0.15) is 0 Å². The van der Waals surface area contributed by atoms with Crippen molar-refractivity contribution in [3.8, 4) is 17.2 Å². The zero-order chi connectivity index (χ0) is 18.8. The lowest BCUT2D eigenvalue weighted by molar-refractivity contribution is 0.0453. The van der Waals surface area contributed by atoms with Gasteiger partial charge >= 0.3 is 0 Å². The molecule has 0 aliphatic rings. The van der Waals surface area contributed by atoms with Crippen molar-refractivity contribution in [1.82, 2.24) is 0 Å². The maximum Gasteiger partial charge on any atom is 0.193 e. The molecule has 2 aromatic carbocycles. The summed E-state index contributed by atoms with van der Waals surface area (Å²) >= 11 is 0. The van der Waals surface area contributed by atoms with Gasteiger partial charge in [0, 0.05) is 26.4 Å². The van der Waals surface area contributed by atoms with Crippen LogP contribution in [-0.4, -0.2) is 40.7 Å². The summed E-state index contributed by atoms with van der Waals surface area (Å²) in [5, 5.41) is 0.